The maximum absolute atomic E-state index is 12.3. The molecule has 0 aliphatic carbocycles. The Hall–Kier alpha value is -3.11. The lowest BCUT2D eigenvalue weighted by Gasteiger charge is -2.07. The first kappa shape index (κ1) is 15.8. The minimum atomic E-state index is -3.99. The summed E-state index contributed by atoms with van der Waals surface area (Å²) in [6, 6.07) is 14.0. The van der Waals surface area contributed by atoms with Crippen LogP contribution in [0.5, 0.6) is 5.75 Å². The molecule has 3 aromatic rings. The molecule has 2 aromatic carbocycles. The van der Waals surface area contributed by atoms with Crippen molar-refractivity contribution in [3.8, 4) is 23.1 Å². The minimum Gasteiger partial charge on any atom is -0.449 e. The number of aromatic nitrogens is 1. The fourth-order valence-electron chi connectivity index (χ4n) is 2.08. The number of hydrogen-bond donors (Lipinski definition) is 0. The molecule has 0 aliphatic heterocycles. The fourth-order valence-corrected chi connectivity index (χ4v) is 3.00. The maximum Gasteiger partial charge on any atom is 0.339 e. The van der Waals surface area contributed by atoms with Gasteiger partial charge in [0.2, 0.25) is 0 Å². The monoisotopic (exact) mass is 340 g/mol. The van der Waals surface area contributed by atoms with E-state index in [9.17, 15) is 8.42 Å². The van der Waals surface area contributed by atoms with Crippen LogP contribution in [-0.2, 0) is 10.1 Å². The molecule has 0 saturated heterocycles. The molecule has 0 fully saturated rings. The van der Waals surface area contributed by atoms with Crippen LogP contribution in [0.25, 0.3) is 11.3 Å². The summed E-state index contributed by atoms with van der Waals surface area (Å²) in [6.45, 7) is 1.73. The van der Waals surface area contributed by atoms with E-state index in [1.54, 1.807) is 31.2 Å². The van der Waals surface area contributed by atoms with E-state index in [1.165, 1.54) is 30.5 Å². The topological polar surface area (TPSA) is 93.2 Å². The number of benzene rings is 2. The Morgan fingerprint density at radius 1 is 1.17 bits per heavy atom. The molecule has 1 heterocycles. The third-order valence-electron chi connectivity index (χ3n) is 3.23. The van der Waals surface area contributed by atoms with E-state index in [2.05, 4.69) is 4.98 Å². The highest BCUT2D eigenvalue weighted by molar-refractivity contribution is 7.87. The van der Waals surface area contributed by atoms with Gasteiger partial charge in [0.25, 0.3) is 0 Å². The van der Waals surface area contributed by atoms with Crippen LogP contribution in [0.15, 0.2) is 64.1 Å². The zero-order valence-corrected chi connectivity index (χ0v) is 13.4. The van der Waals surface area contributed by atoms with Gasteiger partial charge in [-0.05, 0) is 30.3 Å². The number of nitriles is 1. The van der Waals surface area contributed by atoms with E-state index in [-0.39, 0.29) is 10.6 Å². The van der Waals surface area contributed by atoms with E-state index in [4.69, 9.17) is 13.9 Å². The van der Waals surface area contributed by atoms with Gasteiger partial charge in [-0.1, -0.05) is 18.2 Å². The molecule has 0 atom stereocenters. The van der Waals surface area contributed by atoms with Gasteiger partial charge >= 0.3 is 10.1 Å². The van der Waals surface area contributed by atoms with Crippen molar-refractivity contribution < 1.29 is 17.0 Å². The smallest absolute Gasteiger partial charge is 0.339 e. The van der Waals surface area contributed by atoms with Gasteiger partial charge in [-0.15, -0.1) is 0 Å². The third kappa shape index (κ3) is 3.29. The SMILES string of the molecule is Cc1nc(-c2ccc(S(=O)(=O)Oc3cccc(C#N)c3)cc2)co1. The van der Waals surface area contributed by atoms with Crippen LogP contribution in [0, 0.1) is 18.3 Å². The van der Waals surface area contributed by atoms with Gasteiger partial charge in [0.15, 0.2) is 5.89 Å². The Labute approximate surface area is 139 Å². The molecular weight excluding hydrogens is 328 g/mol. The van der Waals surface area contributed by atoms with Crippen LogP contribution in [0.1, 0.15) is 11.5 Å². The first-order chi connectivity index (χ1) is 11.5. The van der Waals surface area contributed by atoms with Crippen molar-refractivity contribution in [2.45, 2.75) is 11.8 Å². The predicted octanol–water partition coefficient (Wildman–Crippen LogP) is 3.29. The molecule has 0 spiro atoms. The molecule has 1 aromatic heterocycles. The predicted molar refractivity (Wildman–Crippen MR) is 85.6 cm³/mol. The third-order valence-corrected chi connectivity index (χ3v) is 4.49. The lowest BCUT2D eigenvalue weighted by molar-refractivity contribution is 0.486. The van der Waals surface area contributed by atoms with Gasteiger partial charge in [-0.3, -0.25) is 0 Å². The second-order valence-corrected chi connectivity index (χ2v) is 6.50. The average molecular weight is 340 g/mol. The number of oxazole rings is 1. The van der Waals surface area contributed by atoms with Crippen molar-refractivity contribution in [2.24, 2.45) is 0 Å². The Morgan fingerprint density at radius 3 is 2.54 bits per heavy atom. The molecule has 0 N–H and O–H groups in total. The molecule has 0 saturated carbocycles. The average Bonchev–Trinajstić information content (AvgIpc) is 3.01. The van der Waals surface area contributed by atoms with E-state index in [1.807, 2.05) is 6.07 Å². The normalized spacial score (nSPS) is 11.0. The van der Waals surface area contributed by atoms with Crippen LogP contribution >= 0.6 is 0 Å². The summed E-state index contributed by atoms with van der Waals surface area (Å²) in [7, 11) is -3.99. The number of nitrogens with zero attached hydrogens (tertiary/aromatic N) is 2. The highest BCUT2D eigenvalue weighted by Gasteiger charge is 2.17. The van der Waals surface area contributed by atoms with Crippen LogP contribution in [0.4, 0.5) is 0 Å². The van der Waals surface area contributed by atoms with Crippen LogP contribution in [-0.4, -0.2) is 13.4 Å². The van der Waals surface area contributed by atoms with Gasteiger partial charge < -0.3 is 8.60 Å². The second kappa shape index (κ2) is 6.18. The number of rotatable bonds is 4. The Kier molecular flexibility index (Phi) is 4.06. The first-order valence-corrected chi connectivity index (χ1v) is 8.36. The summed E-state index contributed by atoms with van der Waals surface area (Å²) in [4.78, 5) is 4.19. The van der Waals surface area contributed by atoms with Gasteiger partial charge in [0, 0.05) is 12.5 Å². The largest absolute Gasteiger partial charge is 0.449 e. The summed E-state index contributed by atoms with van der Waals surface area (Å²) in [5, 5.41) is 8.85. The van der Waals surface area contributed by atoms with Gasteiger partial charge in [0.1, 0.15) is 22.6 Å². The fraction of sp³-hybridized carbons (Fsp3) is 0.0588. The molecule has 3 rings (SSSR count). The zero-order chi connectivity index (χ0) is 17.2. The Bertz CT molecular complexity index is 1020. The molecule has 0 unspecified atom stereocenters. The van der Waals surface area contributed by atoms with Crippen molar-refractivity contribution in [1.29, 1.82) is 5.26 Å². The van der Waals surface area contributed by atoms with Crippen molar-refractivity contribution in [1.82, 2.24) is 4.98 Å². The van der Waals surface area contributed by atoms with Crippen LogP contribution in [0.3, 0.4) is 0 Å². The van der Waals surface area contributed by atoms with Crippen molar-refractivity contribution >= 4 is 10.1 Å². The number of hydrogen-bond acceptors (Lipinski definition) is 6. The number of aryl methyl sites for hydroxylation is 1. The maximum atomic E-state index is 12.3. The molecule has 0 aliphatic rings. The van der Waals surface area contributed by atoms with Crippen LogP contribution in [0.2, 0.25) is 0 Å². The molecule has 0 amide bonds. The van der Waals surface area contributed by atoms with E-state index >= 15 is 0 Å². The molecule has 0 radical (unpaired) electrons. The summed E-state index contributed by atoms with van der Waals surface area (Å²) < 4.78 is 34.8. The zero-order valence-electron chi connectivity index (χ0n) is 12.6. The molecular formula is C17H12N2O4S. The van der Waals surface area contributed by atoms with Crippen LogP contribution < -0.4 is 4.18 Å². The first-order valence-electron chi connectivity index (χ1n) is 6.95. The van der Waals surface area contributed by atoms with E-state index < -0.39 is 10.1 Å². The quantitative estimate of drug-likeness (QED) is 0.677. The molecule has 120 valence electrons. The summed E-state index contributed by atoms with van der Waals surface area (Å²) in [5.41, 5.74) is 1.68. The van der Waals surface area contributed by atoms with Crippen molar-refractivity contribution in [2.75, 3.05) is 0 Å². The van der Waals surface area contributed by atoms with Gasteiger partial charge in [-0.2, -0.15) is 13.7 Å². The van der Waals surface area contributed by atoms with Gasteiger partial charge in [0.05, 0.1) is 11.6 Å². The molecule has 0 bridgehead atoms. The standard InChI is InChI=1S/C17H12N2O4S/c1-12-19-17(11-22-12)14-5-7-16(8-6-14)24(20,21)23-15-4-2-3-13(9-15)10-18/h2-9,11H,1H3. The lowest BCUT2D eigenvalue weighted by Crippen LogP contribution is -2.09. The lowest BCUT2D eigenvalue weighted by atomic mass is 10.2. The second-order valence-electron chi connectivity index (χ2n) is 4.95. The summed E-state index contributed by atoms with van der Waals surface area (Å²) >= 11 is 0. The summed E-state index contributed by atoms with van der Waals surface area (Å²) in [5.74, 6) is 0.618. The molecule has 7 heteroatoms. The molecule has 24 heavy (non-hydrogen) atoms. The highest BCUT2D eigenvalue weighted by Crippen LogP contribution is 2.23. The van der Waals surface area contributed by atoms with Crippen molar-refractivity contribution in [3.63, 3.8) is 0 Å². The Morgan fingerprint density at radius 2 is 1.92 bits per heavy atom. The van der Waals surface area contributed by atoms with Crippen molar-refractivity contribution in [3.05, 3.63) is 66.2 Å². The Balaban J connectivity index is 1.86. The van der Waals surface area contributed by atoms with Gasteiger partial charge in [-0.25, -0.2) is 4.98 Å². The van der Waals surface area contributed by atoms with E-state index in [0.29, 0.717) is 17.1 Å². The summed E-state index contributed by atoms with van der Waals surface area (Å²) in [6.07, 6.45) is 1.50. The molecule has 6 nitrogen and oxygen atoms in total. The highest BCUT2D eigenvalue weighted by atomic mass is 32.2. The van der Waals surface area contributed by atoms with E-state index in [0.717, 1.165) is 5.56 Å². The minimum absolute atomic E-state index is 0.00817.